The molecule has 0 fully saturated rings. The van der Waals surface area contributed by atoms with Gasteiger partial charge in [0.05, 0.1) is 0 Å². The van der Waals surface area contributed by atoms with Gasteiger partial charge in [0, 0.05) is 19.3 Å². The summed E-state index contributed by atoms with van der Waals surface area (Å²) in [5, 5.41) is 0. The lowest BCUT2D eigenvalue weighted by Gasteiger charge is -2.18. The molecular weight excluding hydrogens is 913 g/mol. The summed E-state index contributed by atoms with van der Waals surface area (Å²) in [5.74, 6) is -0.911. The number of unbranched alkanes of at least 4 members (excludes halogenated alkanes) is 29. The Labute approximate surface area is 457 Å². The SMILES string of the molecule is CC/C=C\C/C=C\C/C=C\C/C=C\C/C=C\C/C=C\CCCCCCC(=O)OCC(COC(=O)CCCCCCCCCCCCCCCCCC)OC(=O)CCCCCCCCC/C=C\C/C=C\CCCCC. The average Bonchev–Trinajstić information content (AvgIpc) is 3.40. The fourth-order valence-corrected chi connectivity index (χ4v) is 8.65. The normalized spacial score (nSPS) is 12.7. The standard InChI is InChI=1S/C68H116O6/c1-4-7-10-13-16-19-22-25-28-31-32-33-34-35-36-38-40-43-46-49-52-55-58-61-67(70)73-64-65(63-72-66(69)60-57-54-51-48-45-42-39-30-27-24-21-18-15-12-9-6-3)74-68(71)62-59-56-53-50-47-44-41-37-29-26-23-20-17-14-11-8-5-2/h7,10,16-17,19-20,25-26,28-29,32-33,35-36,40,43,65H,4-6,8-9,11-15,18,21-24,27,30-31,34,37-39,41-42,44-64H2,1-3H3/b10-7-,19-16-,20-17-,28-25-,29-26-,33-32-,36-35-,43-40-. The molecule has 1 unspecified atom stereocenters. The number of rotatable bonds is 56. The molecule has 0 aromatic carbocycles. The molecule has 424 valence electrons. The van der Waals surface area contributed by atoms with E-state index in [1.165, 1.54) is 135 Å². The van der Waals surface area contributed by atoms with Crippen LogP contribution in [0.5, 0.6) is 0 Å². The van der Waals surface area contributed by atoms with Crippen LogP contribution in [-0.4, -0.2) is 37.2 Å². The molecule has 0 aliphatic rings. The van der Waals surface area contributed by atoms with Crippen LogP contribution in [-0.2, 0) is 28.6 Å². The third-order valence-electron chi connectivity index (χ3n) is 13.3. The van der Waals surface area contributed by atoms with Gasteiger partial charge in [0.25, 0.3) is 0 Å². The molecule has 0 aromatic heterocycles. The molecule has 0 saturated carbocycles. The number of carbonyl (C=O) groups is 3. The van der Waals surface area contributed by atoms with E-state index >= 15 is 0 Å². The van der Waals surface area contributed by atoms with Crippen molar-refractivity contribution in [3.63, 3.8) is 0 Å². The Morgan fingerprint density at radius 2 is 0.527 bits per heavy atom. The minimum atomic E-state index is -0.793. The van der Waals surface area contributed by atoms with Crippen LogP contribution in [0.3, 0.4) is 0 Å². The highest BCUT2D eigenvalue weighted by Gasteiger charge is 2.19. The Balaban J connectivity index is 4.43. The summed E-state index contributed by atoms with van der Waals surface area (Å²) in [6.45, 7) is 6.50. The van der Waals surface area contributed by atoms with E-state index in [1.807, 2.05) is 0 Å². The van der Waals surface area contributed by atoms with E-state index in [0.717, 1.165) is 122 Å². The van der Waals surface area contributed by atoms with E-state index in [1.54, 1.807) is 0 Å². The van der Waals surface area contributed by atoms with E-state index in [9.17, 15) is 14.4 Å². The van der Waals surface area contributed by atoms with E-state index in [0.29, 0.717) is 19.3 Å². The van der Waals surface area contributed by atoms with Crippen LogP contribution in [0.1, 0.15) is 297 Å². The topological polar surface area (TPSA) is 78.9 Å². The summed E-state index contributed by atoms with van der Waals surface area (Å²) in [6, 6.07) is 0. The van der Waals surface area contributed by atoms with Crippen molar-refractivity contribution in [3.8, 4) is 0 Å². The first-order chi connectivity index (χ1) is 36.5. The van der Waals surface area contributed by atoms with Gasteiger partial charge in [0.15, 0.2) is 6.10 Å². The fraction of sp³-hybridized carbons (Fsp3) is 0.721. The summed E-state index contributed by atoms with van der Waals surface area (Å²) >= 11 is 0. The molecule has 0 heterocycles. The molecule has 0 bridgehead atoms. The first-order valence-electron chi connectivity index (χ1n) is 31.2. The Bertz CT molecular complexity index is 1460. The lowest BCUT2D eigenvalue weighted by molar-refractivity contribution is -0.167. The molecule has 74 heavy (non-hydrogen) atoms. The second kappa shape index (κ2) is 61.9. The molecule has 0 aliphatic carbocycles. The van der Waals surface area contributed by atoms with E-state index < -0.39 is 6.10 Å². The minimum absolute atomic E-state index is 0.0871. The zero-order valence-corrected chi connectivity index (χ0v) is 48.6. The first-order valence-corrected chi connectivity index (χ1v) is 31.2. The van der Waals surface area contributed by atoms with Crippen LogP contribution in [0, 0.1) is 0 Å². The highest BCUT2D eigenvalue weighted by Crippen LogP contribution is 2.16. The van der Waals surface area contributed by atoms with Crippen LogP contribution in [0.15, 0.2) is 97.2 Å². The number of carbonyl (C=O) groups excluding carboxylic acids is 3. The van der Waals surface area contributed by atoms with Gasteiger partial charge in [0.2, 0.25) is 0 Å². The predicted molar refractivity (Wildman–Crippen MR) is 320 cm³/mol. The molecular formula is C68H116O6. The van der Waals surface area contributed by atoms with Crippen LogP contribution in [0.2, 0.25) is 0 Å². The fourth-order valence-electron chi connectivity index (χ4n) is 8.65. The van der Waals surface area contributed by atoms with Gasteiger partial charge >= 0.3 is 17.9 Å². The number of hydrogen-bond donors (Lipinski definition) is 0. The maximum Gasteiger partial charge on any atom is 0.306 e. The summed E-state index contributed by atoms with van der Waals surface area (Å²) in [6.07, 6.45) is 82.5. The summed E-state index contributed by atoms with van der Waals surface area (Å²) in [4.78, 5) is 38.3. The quantitative estimate of drug-likeness (QED) is 0.0261. The van der Waals surface area contributed by atoms with Crippen molar-refractivity contribution in [1.82, 2.24) is 0 Å². The molecule has 6 heteroatoms. The van der Waals surface area contributed by atoms with Crippen molar-refractivity contribution < 1.29 is 28.6 Å². The van der Waals surface area contributed by atoms with E-state index in [-0.39, 0.29) is 31.1 Å². The predicted octanol–water partition coefficient (Wildman–Crippen LogP) is 21.3. The molecule has 6 nitrogen and oxygen atoms in total. The Morgan fingerprint density at radius 1 is 0.284 bits per heavy atom. The number of ether oxygens (including phenoxy) is 3. The highest BCUT2D eigenvalue weighted by atomic mass is 16.6. The van der Waals surface area contributed by atoms with E-state index in [4.69, 9.17) is 14.2 Å². The third-order valence-corrected chi connectivity index (χ3v) is 13.3. The van der Waals surface area contributed by atoms with Crippen molar-refractivity contribution in [1.29, 1.82) is 0 Å². The molecule has 0 aliphatic heterocycles. The van der Waals surface area contributed by atoms with Gasteiger partial charge in [-0.05, 0) is 103 Å². The summed E-state index contributed by atoms with van der Waals surface area (Å²) < 4.78 is 16.9. The average molecular weight is 1030 g/mol. The second-order valence-corrected chi connectivity index (χ2v) is 20.6. The van der Waals surface area contributed by atoms with Crippen LogP contribution in [0.4, 0.5) is 0 Å². The van der Waals surface area contributed by atoms with Gasteiger partial charge in [-0.2, -0.15) is 0 Å². The molecule has 0 spiro atoms. The monoisotopic (exact) mass is 1030 g/mol. The molecule has 0 amide bonds. The minimum Gasteiger partial charge on any atom is -0.462 e. The van der Waals surface area contributed by atoms with Crippen LogP contribution in [0.25, 0.3) is 0 Å². The van der Waals surface area contributed by atoms with Crippen LogP contribution >= 0.6 is 0 Å². The lowest BCUT2D eigenvalue weighted by atomic mass is 10.0. The number of allylic oxidation sites excluding steroid dienone is 16. The zero-order valence-electron chi connectivity index (χ0n) is 48.6. The van der Waals surface area contributed by atoms with Crippen molar-refractivity contribution in [3.05, 3.63) is 97.2 Å². The van der Waals surface area contributed by atoms with Crippen molar-refractivity contribution >= 4 is 17.9 Å². The van der Waals surface area contributed by atoms with Crippen molar-refractivity contribution in [2.45, 2.75) is 303 Å². The molecule has 1 atom stereocenters. The van der Waals surface area contributed by atoms with Gasteiger partial charge in [-0.15, -0.1) is 0 Å². The largest absolute Gasteiger partial charge is 0.462 e. The Morgan fingerprint density at radius 3 is 0.851 bits per heavy atom. The van der Waals surface area contributed by atoms with Gasteiger partial charge < -0.3 is 14.2 Å². The molecule has 0 radical (unpaired) electrons. The lowest BCUT2D eigenvalue weighted by Crippen LogP contribution is -2.30. The number of hydrogen-bond acceptors (Lipinski definition) is 6. The summed E-state index contributed by atoms with van der Waals surface area (Å²) in [5.41, 5.74) is 0. The van der Waals surface area contributed by atoms with Crippen molar-refractivity contribution in [2.75, 3.05) is 13.2 Å². The Hall–Kier alpha value is -3.67. The molecule has 0 rings (SSSR count). The number of esters is 3. The smallest absolute Gasteiger partial charge is 0.306 e. The zero-order chi connectivity index (χ0) is 53.6. The van der Waals surface area contributed by atoms with Crippen molar-refractivity contribution in [2.24, 2.45) is 0 Å². The maximum atomic E-state index is 12.9. The molecule has 0 aromatic rings. The van der Waals surface area contributed by atoms with Gasteiger partial charge in [-0.3, -0.25) is 14.4 Å². The summed E-state index contributed by atoms with van der Waals surface area (Å²) in [7, 11) is 0. The van der Waals surface area contributed by atoms with Gasteiger partial charge in [0.1, 0.15) is 13.2 Å². The second-order valence-electron chi connectivity index (χ2n) is 20.6. The van der Waals surface area contributed by atoms with E-state index in [2.05, 4.69) is 118 Å². The molecule has 0 saturated heterocycles. The van der Waals surface area contributed by atoms with Gasteiger partial charge in [-0.1, -0.05) is 272 Å². The van der Waals surface area contributed by atoms with Crippen LogP contribution < -0.4 is 0 Å². The molecule has 0 N–H and O–H groups in total. The first kappa shape index (κ1) is 70.3. The Kier molecular flexibility index (Phi) is 58.8. The maximum absolute atomic E-state index is 12.9. The highest BCUT2D eigenvalue weighted by molar-refractivity contribution is 5.71. The van der Waals surface area contributed by atoms with Gasteiger partial charge in [-0.25, -0.2) is 0 Å². The third kappa shape index (κ3) is 59.2.